The number of imidazole rings is 1. The van der Waals surface area contributed by atoms with Crippen LogP contribution in [0.15, 0.2) is 65.8 Å². The second-order valence-electron chi connectivity index (χ2n) is 8.27. The van der Waals surface area contributed by atoms with E-state index >= 15 is 0 Å². The number of rotatable bonds is 7. The molecule has 0 radical (unpaired) electrons. The van der Waals surface area contributed by atoms with E-state index in [0.717, 1.165) is 25.0 Å². The molecule has 0 spiro atoms. The molecule has 3 aromatic heterocycles. The van der Waals surface area contributed by atoms with Gasteiger partial charge in [0.05, 0.1) is 18.1 Å². The van der Waals surface area contributed by atoms with Gasteiger partial charge in [0, 0.05) is 17.9 Å². The van der Waals surface area contributed by atoms with E-state index in [1.165, 1.54) is 29.5 Å². The number of benzene rings is 1. The summed E-state index contributed by atoms with van der Waals surface area (Å²) in [5, 5.41) is 12.1. The molecule has 3 heterocycles. The summed E-state index contributed by atoms with van der Waals surface area (Å²) in [5.41, 5.74) is -0.536. The highest BCUT2D eigenvalue weighted by Gasteiger charge is 2.32. The number of pyridine rings is 1. The minimum atomic E-state index is -4.73. The highest BCUT2D eigenvalue weighted by molar-refractivity contribution is 6.05. The second kappa shape index (κ2) is 9.72. The van der Waals surface area contributed by atoms with Crippen molar-refractivity contribution in [1.29, 1.82) is 0 Å². The summed E-state index contributed by atoms with van der Waals surface area (Å²) in [4.78, 5) is 33.2. The Bertz CT molecular complexity index is 1430. The van der Waals surface area contributed by atoms with Gasteiger partial charge in [-0.05, 0) is 53.5 Å². The van der Waals surface area contributed by atoms with E-state index in [0.29, 0.717) is 5.69 Å². The van der Waals surface area contributed by atoms with Crippen LogP contribution in [0.4, 0.5) is 35.2 Å². The molecule has 1 aliphatic carbocycles. The Hall–Kier alpha value is -4.75. The predicted octanol–water partition coefficient (Wildman–Crippen LogP) is 4.45. The number of carbonyl (C=O) groups excluding carboxylic acids is 2. The number of alkyl halides is 3. The third kappa shape index (κ3) is 5.91. The van der Waals surface area contributed by atoms with E-state index < -0.39 is 23.7 Å². The summed E-state index contributed by atoms with van der Waals surface area (Å²) >= 11 is 0. The fraction of sp³-hybridized carbons (Fsp3) is 0.217. The smallest absolute Gasteiger partial charge is 0.416 e. The van der Waals surface area contributed by atoms with Gasteiger partial charge in [0.2, 0.25) is 18.6 Å². The van der Waals surface area contributed by atoms with Crippen LogP contribution in [0, 0.1) is 0 Å². The first-order valence-electron chi connectivity index (χ1n) is 11.1. The zero-order valence-corrected chi connectivity index (χ0v) is 19.0. The van der Waals surface area contributed by atoms with Crippen molar-refractivity contribution >= 4 is 29.2 Å². The van der Waals surface area contributed by atoms with Gasteiger partial charge in [0.15, 0.2) is 11.3 Å². The third-order valence-electron chi connectivity index (χ3n) is 5.37. The van der Waals surface area contributed by atoms with Gasteiger partial charge in [-0.15, -0.1) is 0 Å². The van der Waals surface area contributed by atoms with Crippen LogP contribution in [-0.4, -0.2) is 31.7 Å². The number of amides is 3. The molecule has 0 atom stereocenters. The molecule has 1 aliphatic rings. The standard InChI is InChI=1S/C23H19F3N8O3/c24-23(25,26)14-7-16(29-21(35)19-10-27-13-34(19)18-4-5-18)9-17(8-14)30-22(36)31-20-12-33(32-37-20)11-15-3-1-2-6-28-15/h1-3,6-10,12-13,18H,4-5,11H2,(H2-,29,30,31,32,35,36). The summed E-state index contributed by atoms with van der Waals surface area (Å²) in [7, 11) is 0. The average molecular weight is 512 g/mol. The van der Waals surface area contributed by atoms with Gasteiger partial charge in [-0.25, -0.2) is 4.98 Å². The second-order valence-corrected chi connectivity index (χ2v) is 8.27. The van der Waals surface area contributed by atoms with Gasteiger partial charge < -0.3 is 25.0 Å². The number of hydrogen-bond donors (Lipinski definition) is 2. The highest BCUT2D eigenvalue weighted by Crippen LogP contribution is 2.36. The Balaban J connectivity index is 1.28. The molecule has 14 heteroatoms. The zero-order valence-electron chi connectivity index (χ0n) is 19.0. The Labute approximate surface area is 207 Å². The van der Waals surface area contributed by atoms with Crippen LogP contribution in [-0.2, 0) is 12.7 Å². The zero-order chi connectivity index (χ0) is 26.0. The highest BCUT2D eigenvalue weighted by atomic mass is 19.4. The van der Waals surface area contributed by atoms with Gasteiger partial charge >= 0.3 is 6.18 Å². The fourth-order valence-electron chi connectivity index (χ4n) is 3.56. The normalized spacial score (nSPS) is 13.3. The number of hydrogen-bond acceptors (Lipinski definition) is 6. The molecule has 190 valence electrons. The molecule has 37 heavy (non-hydrogen) atoms. The number of nitrogens with one attached hydrogen (secondary N) is 2. The van der Waals surface area contributed by atoms with E-state index in [1.807, 2.05) is 0 Å². The molecule has 1 aromatic carbocycles. The van der Waals surface area contributed by atoms with Crippen molar-refractivity contribution in [1.82, 2.24) is 19.8 Å². The number of halogens is 3. The minimum Gasteiger partial charge on any atom is -0.424 e. The van der Waals surface area contributed by atoms with Gasteiger partial charge in [-0.3, -0.25) is 14.6 Å². The van der Waals surface area contributed by atoms with Gasteiger partial charge in [0.1, 0.15) is 11.4 Å². The maximum atomic E-state index is 13.5. The SMILES string of the molecule is O=C([N-]c1c[n+](Cc2ccccn2)no1)Nc1cc(NC(=O)c2cncn2C2CC2)cc(C(F)(F)F)c1. The van der Waals surface area contributed by atoms with Crippen molar-refractivity contribution in [2.75, 3.05) is 10.6 Å². The van der Waals surface area contributed by atoms with E-state index in [1.54, 1.807) is 29.0 Å². The molecule has 0 aliphatic heterocycles. The number of nitrogens with zero attached hydrogens (tertiary/aromatic N) is 6. The van der Waals surface area contributed by atoms with Gasteiger partial charge in [-0.1, -0.05) is 6.07 Å². The number of carbonyl (C=O) groups is 2. The Kier molecular flexibility index (Phi) is 6.29. The largest absolute Gasteiger partial charge is 0.424 e. The predicted molar refractivity (Wildman–Crippen MR) is 122 cm³/mol. The molecule has 0 saturated heterocycles. The van der Waals surface area contributed by atoms with Crippen LogP contribution in [0.3, 0.4) is 0 Å². The number of anilines is 2. The molecule has 2 N–H and O–H groups in total. The quantitative estimate of drug-likeness (QED) is 0.352. The van der Waals surface area contributed by atoms with E-state index in [4.69, 9.17) is 4.52 Å². The van der Waals surface area contributed by atoms with Crippen molar-refractivity contribution in [3.63, 3.8) is 0 Å². The molecule has 1 fully saturated rings. The van der Waals surface area contributed by atoms with Crippen LogP contribution in [0.5, 0.6) is 0 Å². The maximum Gasteiger partial charge on any atom is 0.416 e. The molecule has 5 rings (SSSR count). The van der Waals surface area contributed by atoms with Crippen LogP contribution >= 0.6 is 0 Å². The van der Waals surface area contributed by atoms with E-state index in [9.17, 15) is 22.8 Å². The first-order chi connectivity index (χ1) is 17.7. The first kappa shape index (κ1) is 24.0. The van der Waals surface area contributed by atoms with E-state index in [-0.39, 0.29) is 35.5 Å². The van der Waals surface area contributed by atoms with Crippen LogP contribution in [0.25, 0.3) is 5.32 Å². The minimum absolute atomic E-state index is 0.153. The molecule has 1 saturated carbocycles. The van der Waals surface area contributed by atoms with Crippen molar-refractivity contribution in [2.45, 2.75) is 31.6 Å². The molecule has 3 amide bonds. The summed E-state index contributed by atoms with van der Waals surface area (Å²) < 4.78 is 48.6. The molecular formula is C23H19F3N8O3. The molecule has 11 nitrogen and oxygen atoms in total. The maximum absolute atomic E-state index is 13.5. The summed E-state index contributed by atoms with van der Waals surface area (Å²) in [6, 6.07) is 7.20. The summed E-state index contributed by atoms with van der Waals surface area (Å²) in [6.45, 7) is 0.262. The lowest BCUT2D eigenvalue weighted by Gasteiger charge is -2.18. The third-order valence-corrected chi connectivity index (χ3v) is 5.37. The Morgan fingerprint density at radius 2 is 1.95 bits per heavy atom. The summed E-state index contributed by atoms with van der Waals surface area (Å²) in [5.74, 6) is -0.785. The molecule has 4 aromatic rings. The topological polar surface area (TPSA) is 133 Å². The van der Waals surface area contributed by atoms with Crippen LogP contribution < -0.4 is 15.3 Å². The van der Waals surface area contributed by atoms with Gasteiger partial charge in [-0.2, -0.15) is 13.2 Å². The molecule has 0 bridgehead atoms. The lowest BCUT2D eigenvalue weighted by Crippen LogP contribution is -2.35. The van der Waals surface area contributed by atoms with Crippen LogP contribution in [0.2, 0.25) is 0 Å². The average Bonchev–Trinajstić information content (AvgIpc) is 3.40. The fourth-order valence-corrected chi connectivity index (χ4v) is 3.56. The first-order valence-corrected chi connectivity index (χ1v) is 11.1. The van der Waals surface area contributed by atoms with E-state index in [2.05, 4.69) is 31.2 Å². The lowest BCUT2D eigenvalue weighted by atomic mass is 10.1. The number of aromatic nitrogens is 5. The van der Waals surface area contributed by atoms with Crippen molar-refractivity contribution in [2.24, 2.45) is 0 Å². The monoisotopic (exact) mass is 512 g/mol. The lowest BCUT2D eigenvalue weighted by molar-refractivity contribution is -0.755. The Morgan fingerprint density at radius 1 is 1.16 bits per heavy atom. The molecular weight excluding hydrogens is 493 g/mol. The molecule has 0 unspecified atom stereocenters. The van der Waals surface area contributed by atoms with Crippen molar-refractivity contribution < 1.29 is 32.0 Å². The Morgan fingerprint density at radius 3 is 2.65 bits per heavy atom. The van der Waals surface area contributed by atoms with Gasteiger partial charge in [0.25, 0.3) is 5.91 Å². The van der Waals surface area contributed by atoms with Crippen LogP contribution in [0.1, 0.15) is 40.6 Å². The van der Waals surface area contributed by atoms with Crippen molar-refractivity contribution in [3.8, 4) is 0 Å². The summed E-state index contributed by atoms with van der Waals surface area (Å²) in [6.07, 6.45) is 2.88. The van der Waals surface area contributed by atoms with Crippen molar-refractivity contribution in [3.05, 3.63) is 83.6 Å². The number of urea groups is 1.